The van der Waals surface area contributed by atoms with E-state index in [1.807, 2.05) is 67.6 Å². The Kier molecular flexibility index (Phi) is 4.99. The zero-order valence-electron chi connectivity index (χ0n) is 11.0. The normalized spacial score (nSPS) is 11.1. The number of hydrogen-bond donors (Lipinski definition) is 0. The molecule has 2 aromatic rings. The topological polar surface area (TPSA) is 30.8 Å². The average Bonchev–Trinajstić information content (AvgIpc) is 2.48. The van der Waals surface area contributed by atoms with E-state index in [-0.39, 0.29) is 0 Å². The Morgan fingerprint density at radius 3 is 2.21 bits per heavy atom. The smallest absolute Gasteiger partial charge is 0.257 e. The van der Waals surface area contributed by atoms with Crippen LogP contribution in [-0.2, 0) is 16.2 Å². The van der Waals surface area contributed by atoms with Crippen molar-refractivity contribution in [3.05, 3.63) is 71.8 Å². The van der Waals surface area contributed by atoms with Crippen LogP contribution in [0.3, 0.4) is 0 Å². The molecule has 0 aliphatic heterocycles. The number of hydrogen-bond acceptors (Lipinski definition) is 3. The van der Waals surface area contributed by atoms with Crippen LogP contribution in [-0.4, -0.2) is 12.5 Å². The first-order valence-electron chi connectivity index (χ1n) is 6.32. The van der Waals surface area contributed by atoms with Gasteiger partial charge < -0.3 is 9.57 Å². The molecule has 0 N–H and O–H groups in total. The van der Waals surface area contributed by atoms with Gasteiger partial charge in [-0.1, -0.05) is 48.5 Å². The number of ether oxygens (including phenoxy) is 1. The van der Waals surface area contributed by atoms with Crippen molar-refractivity contribution in [2.24, 2.45) is 5.16 Å². The molecule has 0 aliphatic rings. The number of nitrogens with zero attached hydrogens (tertiary/aromatic N) is 1. The third-order valence-corrected chi connectivity index (χ3v) is 2.52. The molecule has 0 heterocycles. The van der Waals surface area contributed by atoms with Crippen LogP contribution in [0.15, 0.2) is 65.8 Å². The second-order valence-electron chi connectivity index (χ2n) is 3.95. The first-order chi connectivity index (χ1) is 9.40. The van der Waals surface area contributed by atoms with E-state index >= 15 is 0 Å². The van der Waals surface area contributed by atoms with Crippen LogP contribution < -0.4 is 0 Å². The number of rotatable bonds is 5. The second kappa shape index (κ2) is 7.21. The fraction of sp³-hybridized carbons (Fsp3) is 0.188. The minimum atomic E-state index is 0.435. The van der Waals surface area contributed by atoms with Crippen LogP contribution >= 0.6 is 0 Å². The summed E-state index contributed by atoms with van der Waals surface area (Å²) in [6.45, 7) is 2.92. The molecule has 0 spiro atoms. The van der Waals surface area contributed by atoms with Crippen molar-refractivity contribution in [3.63, 3.8) is 0 Å². The first-order valence-corrected chi connectivity index (χ1v) is 6.32. The maximum absolute atomic E-state index is 5.49. The summed E-state index contributed by atoms with van der Waals surface area (Å²) in [4.78, 5) is 5.35. The quantitative estimate of drug-likeness (QED) is 0.464. The summed E-state index contributed by atoms with van der Waals surface area (Å²) in [6, 6.07) is 19.7. The monoisotopic (exact) mass is 255 g/mol. The van der Waals surface area contributed by atoms with Gasteiger partial charge in [0.2, 0.25) is 0 Å². The zero-order valence-corrected chi connectivity index (χ0v) is 11.0. The van der Waals surface area contributed by atoms with Gasteiger partial charge in [0.1, 0.15) is 6.61 Å². The molecule has 3 nitrogen and oxygen atoms in total. The number of benzene rings is 2. The summed E-state index contributed by atoms with van der Waals surface area (Å²) in [5.41, 5.74) is 1.99. The highest BCUT2D eigenvalue weighted by Crippen LogP contribution is 2.05. The second-order valence-corrected chi connectivity index (χ2v) is 3.95. The lowest BCUT2D eigenvalue weighted by molar-refractivity contribution is 0.120. The summed E-state index contributed by atoms with van der Waals surface area (Å²) in [7, 11) is 0. The molecule has 0 atom stereocenters. The molecule has 0 bridgehead atoms. The van der Waals surface area contributed by atoms with Gasteiger partial charge in [0.25, 0.3) is 5.90 Å². The van der Waals surface area contributed by atoms with Crippen molar-refractivity contribution < 1.29 is 9.57 Å². The first kappa shape index (κ1) is 13.1. The summed E-state index contributed by atoms with van der Waals surface area (Å²) in [6.07, 6.45) is 0. The van der Waals surface area contributed by atoms with E-state index in [1.165, 1.54) is 0 Å². The van der Waals surface area contributed by atoms with Gasteiger partial charge in [-0.15, -0.1) is 0 Å². The molecule has 0 aromatic heterocycles. The molecule has 0 unspecified atom stereocenters. The van der Waals surface area contributed by atoms with Crippen LogP contribution in [0.2, 0.25) is 0 Å². The maximum atomic E-state index is 5.49. The Morgan fingerprint density at radius 1 is 0.947 bits per heavy atom. The zero-order chi connectivity index (χ0) is 13.3. The lowest BCUT2D eigenvalue weighted by Crippen LogP contribution is -2.07. The molecule has 19 heavy (non-hydrogen) atoms. The van der Waals surface area contributed by atoms with E-state index in [0.29, 0.717) is 19.1 Å². The largest absolute Gasteiger partial charge is 0.475 e. The van der Waals surface area contributed by atoms with Gasteiger partial charge in [0.05, 0.1) is 6.61 Å². The molecule has 0 aliphatic carbocycles. The predicted molar refractivity (Wildman–Crippen MR) is 75.8 cm³/mol. The van der Waals surface area contributed by atoms with Crippen LogP contribution in [0.5, 0.6) is 0 Å². The molecular weight excluding hydrogens is 238 g/mol. The molecule has 0 saturated heterocycles. The Morgan fingerprint density at radius 2 is 1.58 bits per heavy atom. The predicted octanol–water partition coefficient (Wildman–Crippen LogP) is 3.60. The summed E-state index contributed by atoms with van der Waals surface area (Å²) in [5.74, 6) is 0.513. The van der Waals surface area contributed by atoms with Crippen molar-refractivity contribution in [2.45, 2.75) is 13.5 Å². The van der Waals surface area contributed by atoms with Crippen molar-refractivity contribution in [2.75, 3.05) is 6.61 Å². The Hall–Kier alpha value is -2.29. The van der Waals surface area contributed by atoms with Gasteiger partial charge in [-0.3, -0.25) is 0 Å². The van der Waals surface area contributed by atoms with Gasteiger partial charge in [0, 0.05) is 5.56 Å². The van der Waals surface area contributed by atoms with Crippen molar-refractivity contribution in [1.29, 1.82) is 0 Å². The number of oxime groups is 1. The lowest BCUT2D eigenvalue weighted by Gasteiger charge is -2.07. The van der Waals surface area contributed by atoms with E-state index in [0.717, 1.165) is 11.1 Å². The van der Waals surface area contributed by atoms with Crippen LogP contribution in [0, 0.1) is 0 Å². The van der Waals surface area contributed by atoms with Gasteiger partial charge in [0.15, 0.2) is 0 Å². The molecule has 0 fully saturated rings. The highest BCUT2D eigenvalue weighted by atomic mass is 16.6. The average molecular weight is 255 g/mol. The molecule has 98 valence electrons. The molecule has 0 saturated carbocycles. The fourth-order valence-corrected chi connectivity index (χ4v) is 1.62. The summed E-state index contributed by atoms with van der Waals surface area (Å²) >= 11 is 0. The van der Waals surface area contributed by atoms with E-state index in [9.17, 15) is 0 Å². The van der Waals surface area contributed by atoms with Crippen molar-refractivity contribution in [3.8, 4) is 0 Å². The third kappa shape index (κ3) is 4.14. The highest BCUT2D eigenvalue weighted by molar-refractivity contribution is 5.93. The molecule has 0 radical (unpaired) electrons. The molecule has 2 rings (SSSR count). The maximum Gasteiger partial charge on any atom is 0.257 e. The Labute approximate surface area is 113 Å². The van der Waals surface area contributed by atoms with E-state index in [4.69, 9.17) is 9.57 Å². The molecule has 0 amide bonds. The fourth-order valence-electron chi connectivity index (χ4n) is 1.62. The molecule has 2 aromatic carbocycles. The summed E-state index contributed by atoms with van der Waals surface area (Å²) < 4.78 is 5.49. The highest BCUT2D eigenvalue weighted by Gasteiger charge is 2.04. The van der Waals surface area contributed by atoms with Crippen LogP contribution in [0.25, 0.3) is 0 Å². The Bertz CT molecular complexity index is 509. The molecule has 3 heteroatoms. The minimum absolute atomic E-state index is 0.435. The van der Waals surface area contributed by atoms with E-state index < -0.39 is 0 Å². The van der Waals surface area contributed by atoms with Crippen LogP contribution in [0.4, 0.5) is 0 Å². The van der Waals surface area contributed by atoms with E-state index in [2.05, 4.69) is 5.16 Å². The van der Waals surface area contributed by atoms with Crippen LogP contribution in [0.1, 0.15) is 18.1 Å². The third-order valence-electron chi connectivity index (χ3n) is 2.52. The SMILES string of the molecule is CCO/C(=N\OCc1ccccc1)c1ccccc1. The van der Waals surface area contributed by atoms with Gasteiger partial charge >= 0.3 is 0 Å². The van der Waals surface area contributed by atoms with Crippen molar-refractivity contribution in [1.82, 2.24) is 0 Å². The van der Waals surface area contributed by atoms with Gasteiger partial charge in [-0.2, -0.15) is 0 Å². The van der Waals surface area contributed by atoms with Crippen molar-refractivity contribution >= 4 is 5.90 Å². The lowest BCUT2D eigenvalue weighted by atomic mass is 10.2. The van der Waals surface area contributed by atoms with Gasteiger partial charge in [-0.05, 0) is 29.8 Å². The minimum Gasteiger partial charge on any atom is -0.475 e. The molecular formula is C16H17NO2. The summed E-state index contributed by atoms with van der Waals surface area (Å²) in [5, 5.41) is 4.07. The Balaban J connectivity index is 2.01. The standard InChI is InChI=1S/C16H17NO2/c1-2-18-16(15-11-7-4-8-12-15)17-19-13-14-9-5-3-6-10-14/h3-12H,2,13H2,1H3/b17-16-. The van der Waals surface area contributed by atoms with Gasteiger partial charge in [-0.25, -0.2) is 0 Å². The van der Waals surface area contributed by atoms with E-state index in [1.54, 1.807) is 0 Å².